The number of alkyl halides is 1. The number of alkyl carbamates (subject to hydrolysis) is 1. The van der Waals surface area contributed by atoms with Gasteiger partial charge in [-0.05, 0) is 95.8 Å². The zero-order valence-electron chi connectivity index (χ0n) is 28.1. The molecule has 2 heterocycles. The summed E-state index contributed by atoms with van der Waals surface area (Å²) in [4.78, 5) is 61.7. The van der Waals surface area contributed by atoms with Crippen LogP contribution >= 0.6 is 0 Å². The molecule has 258 valence electrons. The van der Waals surface area contributed by atoms with Gasteiger partial charge < -0.3 is 30.0 Å². The van der Waals surface area contributed by atoms with Crippen LogP contribution < -0.4 is 10.6 Å². The van der Waals surface area contributed by atoms with Crippen molar-refractivity contribution in [1.82, 2.24) is 20.2 Å². The lowest BCUT2D eigenvalue weighted by Crippen LogP contribution is -2.50. The van der Waals surface area contributed by atoms with Gasteiger partial charge >= 0.3 is 12.1 Å². The zero-order chi connectivity index (χ0) is 33.7. The number of H-pyrrole nitrogens is 1. The minimum absolute atomic E-state index is 0.0133. The van der Waals surface area contributed by atoms with Crippen molar-refractivity contribution in [3.8, 4) is 0 Å². The minimum Gasteiger partial charge on any atom is -0.460 e. The third-order valence-corrected chi connectivity index (χ3v) is 10.0. The lowest BCUT2D eigenvalue weighted by Gasteiger charge is -2.37. The molecule has 1 saturated heterocycles. The molecule has 3 atom stereocenters. The molecule has 3 aliphatic rings. The fraction of sp³-hybridized carbons (Fsp3) is 0.686. The third kappa shape index (κ3) is 8.43. The van der Waals surface area contributed by atoms with Crippen LogP contribution in [0.25, 0.3) is 11.0 Å². The number of halogens is 1. The highest BCUT2D eigenvalue weighted by molar-refractivity contribution is 5.99. The number of hydrogen-bond acceptors (Lipinski definition) is 7. The fourth-order valence-corrected chi connectivity index (χ4v) is 7.80. The van der Waals surface area contributed by atoms with Gasteiger partial charge in [-0.15, -0.1) is 0 Å². The van der Waals surface area contributed by atoms with Gasteiger partial charge in [-0.2, -0.15) is 0 Å². The minimum atomic E-state index is -0.700. The van der Waals surface area contributed by atoms with E-state index >= 15 is 0 Å². The van der Waals surface area contributed by atoms with Crippen LogP contribution in [0.1, 0.15) is 103 Å². The predicted octanol–water partition coefficient (Wildman–Crippen LogP) is 6.14. The Morgan fingerprint density at radius 2 is 1.77 bits per heavy atom. The van der Waals surface area contributed by atoms with Crippen LogP contribution in [0.5, 0.6) is 0 Å². The summed E-state index contributed by atoms with van der Waals surface area (Å²) in [6.07, 6.45) is 8.12. The number of nitrogens with one attached hydrogen (secondary N) is 3. The van der Waals surface area contributed by atoms with E-state index in [9.17, 15) is 23.6 Å². The smallest absolute Gasteiger partial charge is 0.407 e. The first-order valence-corrected chi connectivity index (χ1v) is 17.3. The molecule has 3 fully saturated rings. The first-order chi connectivity index (χ1) is 22.5. The van der Waals surface area contributed by atoms with E-state index in [1.54, 1.807) is 50.8 Å². The molecule has 3 N–H and O–H groups in total. The second-order valence-electron chi connectivity index (χ2n) is 14.4. The monoisotopic (exact) mass is 655 g/mol. The number of benzene rings is 1. The predicted molar refractivity (Wildman–Crippen MR) is 175 cm³/mol. The van der Waals surface area contributed by atoms with Crippen molar-refractivity contribution in [2.45, 2.75) is 110 Å². The highest BCUT2D eigenvalue weighted by atomic mass is 19.1. The van der Waals surface area contributed by atoms with Gasteiger partial charge in [0.15, 0.2) is 0 Å². The topological polar surface area (TPSA) is 143 Å². The molecule has 2 aliphatic carbocycles. The van der Waals surface area contributed by atoms with E-state index in [2.05, 4.69) is 20.6 Å². The number of ether oxygens (including phenoxy) is 2. The van der Waals surface area contributed by atoms with Crippen molar-refractivity contribution in [3.63, 3.8) is 0 Å². The number of nitrogens with zero attached hydrogens (tertiary/aromatic N) is 2. The number of hydrogen-bond donors (Lipinski definition) is 3. The molecule has 5 rings (SSSR count). The number of aromatic amines is 1. The van der Waals surface area contributed by atoms with Crippen molar-refractivity contribution in [3.05, 3.63) is 24.0 Å². The van der Waals surface area contributed by atoms with Crippen LogP contribution in [0.3, 0.4) is 0 Å². The van der Waals surface area contributed by atoms with Crippen molar-refractivity contribution < 1.29 is 33.0 Å². The Bertz CT molecular complexity index is 1430. The number of esters is 1. The first-order valence-electron chi connectivity index (χ1n) is 17.3. The number of fused-ring (bicyclic) bond motifs is 1. The summed E-state index contributed by atoms with van der Waals surface area (Å²) in [6.45, 7) is 7.09. The summed E-state index contributed by atoms with van der Waals surface area (Å²) in [7, 11) is 0. The Morgan fingerprint density at radius 1 is 1.04 bits per heavy atom. The van der Waals surface area contributed by atoms with Crippen LogP contribution in [0.15, 0.2) is 18.2 Å². The molecule has 3 amide bonds. The molecule has 0 unspecified atom stereocenters. The summed E-state index contributed by atoms with van der Waals surface area (Å²) in [5.41, 5.74) is 1.04. The third-order valence-electron chi connectivity index (χ3n) is 10.0. The van der Waals surface area contributed by atoms with Crippen LogP contribution in [-0.2, 0) is 19.1 Å². The van der Waals surface area contributed by atoms with E-state index in [-0.39, 0.29) is 42.0 Å². The van der Waals surface area contributed by atoms with Crippen molar-refractivity contribution in [1.29, 1.82) is 0 Å². The van der Waals surface area contributed by atoms with Gasteiger partial charge in [0.25, 0.3) is 0 Å². The lowest BCUT2D eigenvalue weighted by molar-refractivity contribution is -0.142. The Balaban J connectivity index is 1.27. The van der Waals surface area contributed by atoms with E-state index < -0.39 is 36.4 Å². The van der Waals surface area contributed by atoms with Gasteiger partial charge in [0, 0.05) is 18.2 Å². The number of aromatic nitrogens is 2. The molecule has 2 aromatic rings. The van der Waals surface area contributed by atoms with E-state index in [0.717, 1.165) is 32.1 Å². The molecule has 47 heavy (non-hydrogen) atoms. The number of amides is 3. The molecular formula is C35H50FN5O6. The van der Waals surface area contributed by atoms with Crippen molar-refractivity contribution in [2.75, 3.05) is 25.1 Å². The Hall–Kier alpha value is -3.70. The second kappa shape index (κ2) is 15.0. The van der Waals surface area contributed by atoms with Crippen LogP contribution in [-0.4, -0.2) is 76.3 Å². The molecule has 0 bridgehead atoms. The second-order valence-corrected chi connectivity index (χ2v) is 14.4. The zero-order valence-corrected chi connectivity index (χ0v) is 28.1. The highest BCUT2D eigenvalue weighted by Crippen LogP contribution is 2.41. The first kappa shape index (κ1) is 34.6. The van der Waals surface area contributed by atoms with Gasteiger partial charge in [0.05, 0.1) is 23.7 Å². The average molecular weight is 656 g/mol. The SMILES string of the molecule is CCOC(=O)c1nc2cc(NC(=O)[C@@H]3[C@H](C4CCCCC4)CCN3C(=O)[C@H]3CC[C@@H]([C@H](CF)NC(=O)OC(C)(C)C)CC3)ccc2[nH]1. The number of anilines is 1. The largest absolute Gasteiger partial charge is 0.460 e. The standard InChI is InChI=1S/C35H50FN5O6/c1-5-46-33(44)30-38-26-16-15-24(19-27(26)39-30)37-31(42)29-25(21-9-7-6-8-10-21)17-18-41(29)32(43)23-13-11-22(12-14-23)28(20-36)40-34(45)47-35(2,3)4/h15-16,19,21-23,25,28-29H,5-14,17-18,20H2,1-4H3,(H,37,42)(H,38,39)(H,40,45)/t22-,23+,25-,28-,29-/m0/s1. The normalized spacial score (nSPS) is 24.5. The van der Waals surface area contributed by atoms with Crippen LogP contribution in [0.2, 0.25) is 0 Å². The summed E-state index contributed by atoms with van der Waals surface area (Å²) >= 11 is 0. The summed E-state index contributed by atoms with van der Waals surface area (Å²) in [6, 6.07) is 4.00. The maximum atomic E-state index is 14.1. The summed E-state index contributed by atoms with van der Waals surface area (Å²) in [5.74, 6) is -0.546. The maximum absolute atomic E-state index is 14.1. The molecule has 12 heteroatoms. The average Bonchev–Trinajstić information content (AvgIpc) is 3.68. The molecule has 1 aromatic heterocycles. The van der Waals surface area contributed by atoms with E-state index in [4.69, 9.17) is 9.47 Å². The maximum Gasteiger partial charge on any atom is 0.407 e. The van der Waals surface area contributed by atoms with Gasteiger partial charge in [0.2, 0.25) is 17.6 Å². The molecule has 1 aromatic carbocycles. The molecule has 2 saturated carbocycles. The molecule has 11 nitrogen and oxygen atoms in total. The molecule has 1 aliphatic heterocycles. The number of imidazole rings is 1. The molecule has 0 spiro atoms. The molecular weight excluding hydrogens is 605 g/mol. The fourth-order valence-electron chi connectivity index (χ4n) is 7.80. The van der Waals surface area contributed by atoms with Crippen molar-refractivity contribution >= 4 is 40.6 Å². The van der Waals surface area contributed by atoms with E-state index in [0.29, 0.717) is 54.9 Å². The Labute approximate surface area is 276 Å². The number of likely N-dealkylation sites (tertiary alicyclic amines) is 1. The summed E-state index contributed by atoms with van der Waals surface area (Å²) < 4.78 is 24.4. The Morgan fingerprint density at radius 3 is 2.43 bits per heavy atom. The summed E-state index contributed by atoms with van der Waals surface area (Å²) in [5, 5.41) is 5.75. The number of rotatable bonds is 9. The Kier molecular flexibility index (Phi) is 11.1. The number of carbonyl (C=O) groups is 4. The van der Waals surface area contributed by atoms with E-state index in [1.807, 2.05) is 0 Å². The molecule has 0 radical (unpaired) electrons. The quantitative estimate of drug-likeness (QED) is 0.275. The van der Waals surface area contributed by atoms with Crippen LogP contribution in [0, 0.1) is 23.7 Å². The van der Waals surface area contributed by atoms with Gasteiger partial charge in [-0.25, -0.2) is 19.0 Å². The van der Waals surface area contributed by atoms with Gasteiger partial charge in [-0.3, -0.25) is 9.59 Å². The van der Waals surface area contributed by atoms with Gasteiger partial charge in [0.1, 0.15) is 18.3 Å². The lowest BCUT2D eigenvalue weighted by atomic mass is 9.76. The van der Waals surface area contributed by atoms with E-state index in [1.165, 1.54) is 6.42 Å². The highest BCUT2D eigenvalue weighted by Gasteiger charge is 2.47. The van der Waals surface area contributed by atoms with Crippen molar-refractivity contribution in [2.24, 2.45) is 23.7 Å². The number of carbonyl (C=O) groups excluding carboxylic acids is 4. The van der Waals surface area contributed by atoms with Gasteiger partial charge in [-0.1, -0.05) is 32.1 Å². The van der Waals surface area contributed by atoms with Crippen LogP contribution in [0.4, 0.5) is 14.9 Å².